The average Bonchev–Trinajstić information content (AvgIpc) is 2.46. The molecular formula is C14H20N2O2. The first-order chi connectivity index (χ1) is 8.85. The molecule has 2 rings (SSSR count). The molecule has 0 amide bonds. The number of methoxy groups -OCH3 is 1. The van der Waals surface area contributed by atoms with Crippen molar-refractivity contribution in [1.82, 2.24) is 5.43 Å². The lowest BCUT2D eigenvalue weighted by Gasteiger charge is -2.23. The molecular weight excluding hydrogens is 228 g/mol. The Morgan fingerprint density at radius 3 is 2.94 bits per heavy atom. The van der Waals surface area contributed by atoms with E-state index in [1.165, 1.54) is 0 Å². The standard InChI is InChI=1S/C14H20N2O2/c1-17-13-7-3-2-6-11(13)10-12(16-15)14-8-4-5-9-18-14/h2-3,6-8,12,16H,4-5,9-10,15H2,1H3. The summed E-state index contributed by atoms with van der Waals surface area (Å²) in [6.45, 7) is 0.774. The van der Waals surface area contributed by atoms with Crippen LogP contribution in [0.2, 0.25) is 0 Å². The van der Waals surface area contributed by atoms with Gasteiger partial charge in [-0.3, -0.25) is 5.84 Å². The van der Waals surface area contributed by atoms with Gasteiger partial charge in [0.25, 0.3) is 0 Å². The summed E-state index contributed by atoms with van der Waals surface area (Å²) in [4.78, 5) is 0. The zero-order chi connectivity index (χ0) is 12.8. The minimum absolute atomic E-state index is 0.00148. The Balaban J connectivity index is 2.12. The predicted molar refractivity (Wildman–Crippen MR) is 71.1 cm³/mol. The molecule has 0 aliphatic carbocycles. The third kappa shape index (κ3) is 3.03. The summed E-state index contributed by atoms with van der Waals surface area (Å²) in [5.41, 5.74) is 3.95. The van der Waals surface area contributed by atoms with Crippen LogP contribution >= 0.6 is 0 Å². The highest BCUT2D eigenvalue weighted by atomic mass is 16.5. The van der Waals surface area contributed by atoms with Crippen LogP contribution in [0.15, 0.2) is 36.1 Å². The van der Waals surface area contributed by atoms with Gasteiger partial charge in [-0.05, 0) is 37.0 Å². The Kier molecular flexibility index (Phi) is 4.61. The maximum Gasteiger partial charge on any atom is 0.122 e. The number of ether oxygens (including phenoxy) is 2. The monoisotopic (exact) mass is 248 g/mol. The first-order valence-electron chi connectivity index (χ1n) is 6.26. The third-order valence-electron chi connectivity index (χ3n) is 3.12. The molecule has 0 saturated carbocycles. The normalized spacial score (nSPS) is 16.7. The largest absolute Gasteiger partial charge is 0.497 e. The maximum absolute atomic E-state index is 5.65. The van der Waals surface area contributed by atoms with E-state index in [0.29, 0.717) is 0 Å². The number of allylic oxidation sites excluding steroid dienone is 1. The van der Waals surface area contributed by atoms with Crippen LogP contribution < -0.4 is 16.0 Å². The molecule has 18 heavy (non-hydrogen) atoms. The van der Waals surface area contributed by atoms with Crippen LogP contribution in [0.4, 0.5) is 0 Å². The van der Waals surface area contributed by atoms with E-state index in [1.54, 1.807) is 7.11 Å². The van der Waals surface area contributed by atoms with Crippen LogP contribution in [-0.2, 0) is 11.2 Å². The van der Waals surface area contributed by atoms with Gasteiger partial charge < -0.3 is 9.47 Å². The molecule has 1 heterocycles. The van der Waals surface area contributed by atoms with E-state index in [1.807, 2.05) is 24.3 Å². The molecule has 0 spiro atoms. The van der Waals surface area contributed by atoms with Crippen molar-refractivity contribution in [3.8, 4) is 5.75 Å². The minimum Gasteiger partial charge on any atom is -0.497 e. The Labute approximate surface area is 108 Å². The van der Waals surface area contributed by atoms with Crippen LogP contribution in [0, 0.1) is 0 Å². The highest BCUT2D eigenvalue weighted by molar-refractivity contribution is 5.34. The molecule has 4 heteroatoms. The van der Waals surface area contributed by atoms with Gasteiger partial charge in [0.05, 0.1) is 19.8 Å². The first kappa shape index (κ1) is 12.9. The van der Waals surface area contributed by atoms with Crippen LogP contribution in [-0.4, -0.2) is 19.8 Å². The molecule has 1 aromatic carbocycles. The van der Waals surface area contributed by atoms with Gasteiger partial charge in [0.15, 0.2) is 0 Å². The van der Waals surface area contributed by atoms with Gasteiger partial charge in [-0.1, -0.05) is 18.2 Å². The van der Waals surface area contributed by atoms with Crippen LogP contribution in [0.3, 0.4) is 0 Å². The number of nitrogens with two attached hydrogens (primary N) is 1. The van der Waals surface area contributed by atoms with E-state index in [2.05, 4.69) is 11.5 Å². The van der Waals surface area contributed by atoms with E-state index >= 15 is 0 Å². The lowest BCUT2D eigenvalue weighted by molar-refractivity contribution is 0.167. The number of para-hydroxylation sites is 1. The number of nitrogens with one attached hydrogen (secondary N) is 1. The number of rotatable bonds is 5. The summed E-state index contributed by atoms with van der Waals surface area (Å²) in [6, 6.07) is 7.97. The number of hydrogen-bond donors (Lipinski definition) is 2. The Bertz CT molecular complexity index is 418. The molecule has 0 aromatic heterocycles. The van der Waals surface area contributed by atoms with Gasteiger partial charge in [-0.25, -0.2) is 5.43 Å². The number of benzene rings is 1. The fraction of sp³-hybridized carbons (Fsp3) is 0.429. The molecule has 1 aliphatic rings. The lowest BCUT2D eigenvalue weighted by atomic mass is 10.0. The van der Waals surface area contributed by atoms with Crippen LogP contribution in [0.5, 0.6) is 5.75 Å². The van der Waals surface area contributed by atoms with Crippen molar-refractivity contribution in [2.24, 2.45) is 5.84 Å². The summed E-state index contributed by atoms with van der Waals surface area (Å²) < 4.78 is 11.0. The van der Waals surface area contributed by atoms with Crippen molar-refractivity contribution in [1.29, 1.82) is 0 Å². The van der Waals surface area contributed by atoms with Gasteiger partial charge in [0.2, 0.25) is 0 Å². The summed E-state index contributed by atoms with van der Waals surface area (Å²) >= 11 is 0. The second-order valence-electron chi connectivity index (χ2n) is 4.33. The van der Waals surface area contributed by atoms with E-state index in [0.717, 1.165) is 42.9 Å². The van der Waals surface area contributed by atoms with Gasteiger partial charge >= 0.3 is 0 Å². The predicted octanol–water partition coefficient (Wildman–Crippen LogP) is 1.76. The lowest BCUT2D eigenvalue weighted by Crippen LogP contribution is -2.39. The van der Waals surface area contributed by atoms with Crippen molar-refractivity contribution in [3.05, 3.63) is 41.7 Å². The summed E-state index contributed by atoms with van der Waals surface area (Å²) in [5.74, 6) is 7.45. The first-order valence-corrected chi connectivity index (χ1v) is 6.26. The van der Waals surface area contributed by atoms with Gasteiger partial charge in [0, 0.05) is 0 Å². The van der Waals surface area contributed by atoms with Gasteiger partial charge in [-0.15, -0.1) is 0 Å². The molecule has 3 N–H and O–H groups in total. The van der Waals surface area contributed by atoms with Crippen LogP contribution in [0.1, 0.15) is 18.4 Å². The van der Waals surface area contributed by atoms with Crippen molar-refractivity contribution in [2.45, 2.75) is 25.3 Å². The van der Waals surface area contributed by atoms with Crippen LogP contribution in [0.25, 0.3) is 0 Å². The molecule has 1 unspecified atom stereocenters. The molecule has 4 nitrogen and oxygen atoms in total. The molecule has 0 saturated heterocycles. The molecule has 0 bridgehead atoms. The fourth-order valence-electron chi connectivity index (χ4n) is 2.15. The smallest absolute Gasteiger partial charge is 0.122 e. The van der Waals surface area contributed by atoms with Crippen molar-refractivity contribution >= 4 is 0 Å². The summed E-state index contributed by atoms with van der Waals surface area (Å²) in [7, 11) is 1.68. The maximum atomic E-state index is 5.65. The number of hydrazine groups is 1. The zero-order valence-corrected chi connectivity index (χ0v) is 10.7. The Morgan fingerprint density at radius 2 is 2.28 bits per heavy atom. The zero-order valence-electron chi connectivity index (χ0n) is 10.7. The summed E-state index contributed by atoms with van der Waals surface area (Å²) in [6.07, 6.45) is 5.00. The van der Waals surface area contributed by atoms with Crippen molar-refractivity contribution < 1.29 is 9.47 Å². The van der Waals surface area contributed by atoms with E-state index in [-0.39, 0.29) is 6.04 Å². The minimum atomic E-state index is 0.00148. The topological polar surface area (TPSA) is 56.5 Å². The second-order valence-corrected chi connectivity index (χ2v) is 4.33. The highest BCUT2D eigenvalue weighted by Crippen LogP contribution is 2.22. The van der Waals surface area contributed by atoms with Crippen molar-refractivity contribution in [3.63, 3.8) is 0 Å². The van der Waals surface area contributed by atoms with E-state index in [9.17, 15) is 0 Å². The SMILES string of the molecule is COc1ccccc1CC(NN)C1=CCCCO1. The molecule has 1 atom stereocenters. The third-order valence-corrected chi connectivity index (χ3v) is 3.12. The molecule has 1 aromatic rings. The Hall–Kier alpha value is -1.52. The molecule has 0 radical (unpaired) electrons. The Morgan fingerprint density at radius 1 is 1.44 bits per heavy atom. The summed E-state index contributed by atoms with van der Waals surface area (Å²) in [5, 5.41) is 0. The fourth-order valence-corrected chi connectivity index (χ4v) is 2.15. The van der Waals surface area contributed by atoms with E-state index in [4.69, 9.17) is 15.3 Å². The quantitative estimate of drug-likeness (QED) is 0.616. The molecule has 1 aliphatic heterocycles. The van der Waals surface area contributed by atoms with Gasteiger partial charge in [0.1, 0.15) is 11.5 Å². The second kappa shape index (κ2) is 6.42. The average molecular weight is 248 g/mol. The highest BCUT2D eigenvalue weighted by Gasteiger charge is 2.18. The van der Waals surface area contributed by atoms with Gasteiger partial charge in [-0.2, -0.15) is 0 Å². The molecule has 0 fully saturated rings. The molecule has 98 valence electrons. The number of hydrogen-bond acceptors (Lipinski definition) is 4. The van der Waals surface area contributed by atoms with Crippen molar-refractivity contribution in [2.75, 3.05) is 13.7 Å². The van der Waals surface area contributed by atoms with E-state index < -0.39 is 0 Å².